The van der Waals surface area contributed by atoms with E-state index >= 15 is 0 Å². The lowest BCUT2D eigenvalue weighted by molar-refractivity contribution is -0.124. The van der Waals surface area contributed by atoms with Gasteiger partial charge in [-0.05, 0) is 42.5 Å². The third-order valence-electron chi connectivity index (χ3n) is 4.70. The van der Waals surface area contributed by atoms with Crippen molar-refractivity contribution in [3.63, 3.8) is 0 Å². The zero-order chi connectivity index (χ0) is 21.1. The highest BCUT2D eigenvalue weighted by Gasteiger charge is 2.29. The summed E-state index contributed by atoms with van der Waals surface area (Å²) in [6.45, 7) is 2.21. The summed E-state index contributed by atoms with van der Waals surface area (Å²) >= 11 is 1.62. The summed E-state index contributed by atoms with van der Waals surface area (Å²) in [7, 11) is 0. The van der Waals surface area contributed by atoms with Crippen molar-refractivity contribution in [2.45, 2.75) is 25.8 Å². The Labute approximate surface area is 177 Å². The van der Waals surface area contributed by atoms with Crippen LogP contribution < -0.4 is 20.7 Å². The number of fused-ring (bicyclic) bond motifs is 1. The molecule has 1 aromatic carbocycles. The van der Waals surface area contributed by atoms with E-state index in [1.165, 1.54) is 6.07 Å². The standard InChI is InChI=1S/C21H21FN4O3S/c1-12-8-14(22)19-17(9-12)29-11-16(21(28)26-19)25-20(27)15-5-2-6-23-18(24-15)10-13-4-3-7-30-13/h3-5,7-9,16H,2,6,10-11H2,1H3,(H,23,24)(H,25,27)(H,26,28). The minimum atomic E-state index is -0.965. The van der Waals surface area contributed by atoms with Crippen molar-refractivity contribution in [1.29, 1.82) is 0 Å². The van der Waals surface area contributed by atoms with E-state index in [-0.39, 0.29) is 18.0 Å². The number of carbonyl (C=O) groups is 2. The predicted octanol–water partition coefficient (Wildman–Crippen LogP) is 2.53. The Morgan fingerprint density at radius 1 is 1.40 bits per heavy atom. The van der Waals surface area contributed by atoms with Crippen molar-refractivity contribution in [3.05, 3.63) is 57.7 Å². The van der Waals surface area contributed by atoms with Crippen LogP contribution in [-0.2, 0) is 16.0 Å². The zero-order valence-electron chi connectivity index (χ0n) is 16.3. The highest BCUT2D eigenvalue weighted by atomic mass is 32.1. The van der Waals surface area contributed by atoms with E-state index in [1.54, 1.807) is 30.4 Å². The normalized spacial score (nSPS) is 18.5. The van der Waals surface area contributed by atoms with Crippen LogP contribution in [0.1, 0.15) is 16.9 Å². The highest BCUT2D eigenvalue weighted by Crippen LogP contribution is 2.31. The number of ether oxygens (including phenoxy) is 1. The summed E-state index contributed by atoms with van der Waals surface area (Å²) in [5, 5.41) is 10.3. The SMILES string of the molecule is Cc1cc(F)c2c(c1)OCC(NC(=O)C1=CCCN=C(Cc3cccs3)N1)C(=O)N2. The fourth-order valence-electron chi connectivity index (χ4n) is 3.23. The summed E-state index contributed by atoms with van der Waals surface area (Å²) in [6.07, 6.45) is 2.96. The number of aryl methyl sites for hydroxylation is 1. The van der Waals surface area contributed by atoms with E-state index < -0.39 is 23.7 Å². The molecule has 3 N–H and O–H groups in total. The second-order valence-electron chi connectivity index (χ2n) is 7.06. The summed E-state index contributed by atoms with van der Waals surface area (Å²) in [5.41, 5.74) is 0.993. The van der Waals surface area contributed by atoms with Crippen molar-refractivity contribution in [3.8, 4) is 5.75 Å². The molecule has 0 bridgehead atoms. The molecule has 0 saturated carbocycles. The smallest absolute Gasteiger partial charge is 0.268 e. The monoisotopic (exact) mass is 428 g/mol. The zero-order valence-corrected chi connectivity index (χ0v) is 17.1. The number of amidine groups is 1. The lowest BCUT2D eigenvalue weighted by atomic mass is 10.2. The number of rotatable bonds is 4. The van der Waals surface area contributed by atoms with Crippen LogP contribution in [0.15, 0.2) is 46.4 Å². The molecule has 4 rings (SSSR count). The Morgan fingerprint density at radius 2 is 2.27 bits per heavy atom. The Balaban J connectivity index is 1.43. The van der Waals surface area contributed by atoms with Crippen LogP contribution in [0.5, 0.6) is 5.75 Å². The molecule has 0 saturated heterocycles. The number of benzene rings is 1. The van der Waals surface area contributed by atoms with E-state index in [1.807, 2.05) is 17.5 Å². The van der Waals surface area contributed by atoms with Crippen molar-refractivity contribution in [1.82, 2.24) is 10.6 Å². The van der Waals surface area contributed by atoms with Gasteiger partial charge in [0, 0.05) is 17.8 Å². The summed E-state index contributed by atoms with van der Waals surface area (Å²) in [4.78, 5) is 31.0. The molecule has 0 spiro atoms. The summed E-state index contributed by atoms with van der Waals surface area (Å²) < 4.78 is 19.8. The molecule has 30 heavy (non-hydrogen) atoms. The maximum atomic E-state index is 14.2. The van der Waals surface area contributed by atoms with Crippen molar-refractivity contribution < 1.29 is 18.7 Å². The molecular formula is C21H21FN4O3S. The molecule has 0 radical (unpaired) electrons. The molecule has 0 fully saturated rings. The van der Waals surface area contributed by atoms with E-state index in [2.05, 4.69) is 20.9 Å². The maximum Gasteiger partial charge on any atom is 0.268 e. The van der Waals surface area contributed by atoms with Crippen molar-refractivity contribution in [2.24, 2.45) is 4.99 Å². The predicted molar refractivity (Wildman–Crippen MR) is 113 cm³/mol. The van der Waals surface area contributed by atoms with Crippen LogP contribution >= 0.6 is 11.3 Å². The molecule has 2 aliphatic heterocycles. The topological polar surface area (TPSA) is 91.8 Å². The largest absolute Gasteiger partial charge is 0.489 e. The number of hydrogen-bond acceptors (Lipinski definition) is 6. The van der Waals surface area contributed by atoms with Gasteiger partial charge >= 0.3 is 0 Å². The minimum absolute atomic E-state index is 0.0143. The average molecular weight is 428 g/mol. The maximum absolute atomic E-state index is 14.2. The van der Waals surface area contributed by atoms with Gasteiger partial charge in [0.15, 0.2) is 5.82 Å². The molecule has 1 atom stereocenters. The molecule has 3 heterocycles. The molecule has 2 aromatic rings. The van der Waals surface area contributed by atoms with Gasteiger partial charge in [0.1, 0.15) is 35.6 Å². The molecule has 9 heteroatoms. The van der Waals surface area contributed by atoms with Gasteiger partial charge in [-0.3, -0.25) is 14.6 Å². The lowest BCUT2D eigenvalue weighted by Gasteiger charge is -2.17. The fourth-order valence-corrected chi connectivity index (χ4v) is 3.94. The van der Waals surface area contributed by atoms with Crippen LogP contribution in [-0.4, -0.2) is 36.8 Å². The summed E-state index contributed by atoms with van der Waals surface area (Å²) in [5.74, 6) is -0.612. The number of carbonyl (C=O) groups excluding carboxylic acids is 2. The van der Waals surface area contributed by atoms with Crippen LogP contribution in [0.25, 0.3) is 0 Å². The van der Waals surface area contributed by atoms with Gasteiger partial charge in [0.25, 0.3) is 11.8 Å². The number of thiophene rings is 1. The molecular weight excluding hydrogens is 407 g/mol. The third kappa shape index (κ3) is 4.51. The van der Waals surface area contributed by atoms with E-state index in [9.17, 15) is 14.0 Å². The first-order chi connectivity index (χ1) is 14.5. The number of nitrogens with zero attached hydrogens (tertiary/aromatic N) is 1. The second kappa shape index (κ2) is 8.66. The molecule has 1 unspecified atom stereocenters. The molecule has 7 nitrogen and oxygen atoms in total. The first-order valence-corrected chi connectivity index (χ1v) is 10.4. The van der Waals surface area contributed by atoms with Gasteiger partial charge in [-0.15, -0.1) is 11.3 Å². The number of nitrogens with one attached hydrogen (secondary N) is 3. The van der Waals surface area contributed by atoms with E-state index in [0.29, 0.717) is 36.5 Å². The van der Waals surface area contributed by atoms with Gasteiger partial charge < -0.3 is 20.7 Å². The molecule has 0 aliphatic carbocycles. The van der Waals surface area contributed by atoms with E-state index in [4.69, 9.17) is 4.74 Å². The number of hydrogen-bond donors (Lipinski definition) is 3. The fraction of sp³-hybridized carbons (Fsp3) is 0.286. The van der Waals surface area contributed by atoms with Gasteiger partial charge in [0.2, 0.25) is 0 Å². The van der Waals surface area contributed by atoms with Gasteiger partial charge in [-0.2, -0.15) is 0 Å². The van der Waals surface area contributed by atoms with Crippen molar-refractivity contribution >= 4 is 34.7 Å². The number of aliphatic imine (C=N–C) groups is 1. The molecule has 1 aromatic heterocycles. The van der Waals surface area contributed by atoms with Crippen LogP contribution in [0.3, 0.4) is 0 Å². The first-order valence-electron chi connectivity index (χ1n) is 9.57. The van der Waals surface area contributed by atoms with Crippen molar-refractivity contribution in [2.75, 3.05) is 18.5 Å². The first kappa shape index (κ1) is 20.1. The quantitative estimate of drug-likeness (QED) is 0.698. The molecule has 2 aliphatic rings. The van der Waals surface area contributed by atoms with Crippen LogP contribution in [0.2, 0.25) is 0 Å². The number of halogens is 1. The Morgan fingerprint density at radius 3 is 3.07 bits per heavy atom. The summed E-state index contributed by atoms with van der Waals surface area (Å²) in [6, 6.07) is 5.97. The van der Waals surface area contributed by atoms with E-state index in [0.717, 1.165) is 4.88 Å². The Kier molecular flexibility index (Phi) is 5.80. The minimum Gasteiger partial charge on any atom is -0.489 e. The third-order valence-corrected chi connectivity index (χ3v) is 5.58. The number of anilines is 1. The van der Waals surface area contributed by atoms with Crippen LogP contribution in [0.4, 0.5) is 10.1 Å². The second-order valence-corrected chi connectivity index (χ2v) is 8.09. The highest BCUT2D eigenvalue weighted by molar-refractivity contribution is 7.10. The van der Waals surface area contributed by atoms with Gasteiger partial charge in [-0.1, -0.05) is 12.1 Å². The molecule has 2 amide bonds. The van der Waals surface area contributed by atoms with Gasteiger partial charge in [0.05, 0.1) is 0 Å². The molecule has 156 valence electrons. The number of amides is 2. The Hall–Kier alpha value is -3.20. The average Bonchev–Trinajstić information content (AvgIpc) is 3.03. The lowest BCUT2D eigenvalue weighted by Crippen LogP contribution is -2.48. The van der Waals surface area contributed by atoms with Crippen LogP contribution in [0, 0.1) is 12.7 Å². The Bertz CT molecular complexity index is 1030. The van der Waals surface area contributed by atoms with Gasteiger partial charge in [-0.25, -0.2) is 4.39 Å².